The van der Waals surface area contributed by atoms with Crippen molar-refractivity contribution in [2.45, 2.75) is 70.4 Å². The molecule has 0 bridgehead atoms. The van der Waals surface area contributed by atoms with E-state index >= 15 is 0 Å². The van der Waals surface area contributed by atoms with Crippen LogP contribution < -0.4 is 20.4 Å². The third-order valence-electron chi connectivity index (χ3n) is 7.49. The molecule has 4 rings (SSSR count). The van der Waals surface area contributed by atoms with Crippen LogP contribution >= 0.6 is 11.8 Å². The number of hydrogen-bond acceptors (Lipinski definition) is 8. The number of benzene rings is 2. The van der Waals surface area contributed by atoms with Gasteiger partial charge in [0, 0.05) is 0 Å². The molecule has 12 heteroatoms. The predicted molar refractivity (Wildman–Crippen MR) is 168 cm³/mol. The molecule has 0 spiro atoms. The highest BCUT2D eigenvalue weighted by Crippen LogP contribution is 2.48. The highest BCUT2D eigenvalue weighted by Gasteiger charge is 2.52. The van der Waals surface area contributed by atoms with Gasteiger partial charge in [-0.2, -0.15) is 0 Å². The van der Waals surface area contributed by atoms with Gasteiger partial charge in [-0.1, -0.05) is 100 Å². The molecule has 41 heavy (non-hydrogen) atoms. The number of carbonyl (C=O) groups is 1. The first-order valence-corrected chi connectivity index (χ1v) is 19.4. The maximum atomic E-state index is 13.5. The van der Waals surface area contributed by atoms with E-state index in [1.807, 2.05) is 67.6 Å². The van der Waals surface area contributed by atoms with Crippen molar-refractivity contribution in [3.8, 4) is 0 Å². The lowest BCUT2D eigenvalue weighted by Gasteiger charge is -2.44. The molecule has 2 heterocycles. The SMILES string of the molecule is CCN[C@H]1C=C(S(=O)(=O)NC(=O)[C@H](C)O[Si](c2ccccc2)(c2ccccc2)C(C)(C)C)SC2=C1C[C@H](C)S2(=O)=O. The van der Waals surface area contributed by atoms with Gasteiger partial charge in [0.15, 0.2) is 9.84 Å². The third kappa shape index (κ3) is 6.00. The highest BCUT2D eigenvalue weighted by atomic mass is 32.3. The Labute approximate surface area is 249 Å². The summed E-state index contributed by atoms with van der Waals surface area (Å²) in [5.74, 6) is -0.818. The minimum Gasteiger partial charge on any atom is -0.396 e. The van der Waals surface area contributed by atoms with E-state index < -0.39 is 56.5 Å². The molecule has 0 saturated carbocycles. The molecule has 222 valence electrons. The largest absolute Gasteiger partial charge is 0.396 e. The first kappa shape index (κ1) is 31.7. The van der Waals surface area contributed by atoms with Gasteiger partial charge in [0.05, 0.1) is 11.3 Å². The monoisotopic (exact) mass is 634 g/mol. The second-order valence-electron chi connectivity index (χ2n) is 11.4. The summed E-state index contributed by atoms with van der Waals surface area (Å²) < 4.78 is 61.8. The van der Waals surface area contributed by atoms with Gasteiger partial charge >= 0.3 is 0 Å². The van der Waals surface area contributed by atoms with E-state index in [9.17, 15) is 21.6 Å². The van der Waals surface area contributed by atoms with Gasteiger partial charge in [-0.3, -0.25) is 4.79 Å². The molecule has 1 amide bonds. The van der Waals surface area contributed by atoms with Crippen molar-refractivity contribution >= 4 is 56.2 Å². The van der Waals surface area contributed by atoms with Gasteiger partial charge in [-0.05, 0) is 53.9 Å². The predicted octanol–water partition coefficient (Wildman–Crippen LogP) is 3.38. The van der Waals surface area contributed by atoms with Crippen molar-refractivity contribution < 1.29 is 26.1 Å². The summed E-state index contributed by atoms with van der Waals surface area (Å²) in [4.78, 5) is 13.5. The number of thioether (sulfide) groups is 1. The first-order valence-electron chi connectivity index (χ1n) is 13.6. The van der Waals surface area contributed by atoms with Crippen molar-refractivity contribution in [1.29, 1.82) is 0 Å². The fraction of sp³-hybridized carbons (Fsp3) is 0.414. The molecule has 0 unspecified atom stereocenters. The summed E-state index contributed by atoms with van der Waals surface area (Å²) in [5.41, 5.74) is 0.665. The molecule has 0 aromatic heterocycles. The lowest BCUT2D eigenvalue weighted by Crippen LogP contribution is -2.68. The Kier molecular flexibility index (Phi) is 9.13. The fourth-order valence-corrected chi connectivity index (χ4v) is 15.2. The third-order valence-corrected chi connectivity index (χ3v) is 18.4. The van der Waals surface area contributed by atoms with Crippen LogP contribution in [0.3, 0.4) is 0 Å². The van der Waals surface area contributed by atoms with E-state index in [1.54, 1.807) is 13.8 Å². The quantitative estimate of drug-likeness (QED) is 0.403. The number of sulfone groups is 1. The summed E-state index contributed by atoms with van der Waals surface area (Å²) in [6, 6.07) is 19.0. The maximum Gasteiger partial charge on any atom is 0.270 e. The Hall–Kier alpha value is -2.22. The van der Waals surface area contributed by atoms with E-state index in [-0.39, 0.29) is 8.47 Å². The van der Waals surface area contributed by atoms with Gasteiger partial charge in [0.1, 0.15) is 14.6 Å². The van der Waals surface area contributed by atoms with E-state index in [4.69, 9.17) is 4.43 Å². The van der Waals surface area contributed by atoms with Crippen LogP contribution in [0.2, 0.25) is 5.04 Å². The molecule has 2 aliphatic rings. The van der Waals surface area contributed by atoms with Gasteiger partial charge in [-0.15, -0.1) is 0 Å². The number of likely N-dealkylation sites (N-methyl/N-ethyl adjacent to an activating group) is 1. The van der Waals surface area contributed by atoms with Crippen LogP contribution in [-0.2, 0) is 29.1 Å². The van der Waals surface area contributed by atoms with Crippen LogP contribution in [0.5, 0.6) is 0 Å². The number of nitrogens with one attached hydrogen (secondary N) is 2. The van der Waals surface area contributed by atoms with Crippen LogP contribution in [0.15, 0.2) is 80.8 Å². The van der Waals surface area contributed by atoms with Crippen LogP contribution in [0.25, 0.3) is 0 Å². The Morgan fingerprint density at radius 2 is 1.61 bits per heavy atom. The van der Waals surface area contributed by atoms with Crippen molar-refractivity contribution in [2.24, 2.45) is 0 Å². The van der Waals surface area contributed by atoms with E-state index in [1.165, 1.54) is 6.08 Å². The molecule has 3 atom stereocenters. The summed E-state index contributed by atoms with van der Waals surface area (Å²) in [6.45, 7) is 11.8. The first-order chi connectivity index (χ1) is 19.1. The topological polar surface area (TPSA) is 119 Å². The second kappa shape index (κ2) is 11.8. The molecule has 0 radical (unpaired) electrons. The zero-order chi connectivity index (χ0) is 30.2. The highest BCUT2D eigenvalue weighted by molar-refractivity contribution is 8.28. The van der Waals surface area contributed by atoms with Gasteiger partial charge in [0.25, 0.3) is 24.2 Å². The number of sulfonamides is 1. The molecule has 2 N–H and O–H groups in total. The van der Waals surface area contributed by atoms with Crippen molar-refractivity contribution in [1.82, 2.24) is 10.0 Å². The molecule has 8 nitrogen and oxygen atoms in total. The van der Waals surface area contributed by atoms with Gasteiger partial charge in [0.2, 0.25) is 0 Å². The van der Waals surface area contributed by atoms with Crippen molar-refractivity contribution in [2.75, 3.05) is 6.54 Å². The molecular formula is C29H38N2O6S3Si. The summed E-state index contributed by atoms with van der Waals surface area (Å²) in [6.07, 6.45) is 0.700. The van der Waals surface area contributed by atoms with Crippen LogP contribution in [0, 0.1) is 0 Å². The minimum atomic E-state index is -4.38. The van der Waals surface area contributed by atoms with Crippen LogP contribution in [-0.4, -0.2) is 55.0 Å². The molecular weight excluding hydrogens is 597 g/mol. The standard InChI is InChI=1S/C29H38N2O6S3Si/c1-7-30-25-19-26(38-28-24(25)18-20(2)39(28,33)34)40(35,36)31-27(32)21(3)37-41(29(4,5)6,22-14-10-8-11-15-22)23-16-12-9-13-17-23/h8-17,19-21,25,30H,7,18H2,1-6H3,(H,31,32)/t20-,21-,25-/m0/s1. The number of amides is 1. The average molecular weight is 635 g/mol. The molecule has 0 saturated heterocycles. The van der Waals surface area contributed by atoms with Crippen molar-refractivity contribution in [3.05, 3.63) is 80.8 Å². The van der Waals surface area contributed by atoms with Gasteiger partial charge in [-0.25, -0.2) is 21.6 Å². The average Bonchev–Trinajstić information content (AvgIpc) is 3.15. The van der Waals surface area contributed by atoms with Crippen LogP contribution in [0.1, 0.15) is 48.0 Å². The Morgan fingerprint density at radius 3 is 2.10 bits per heavy atom. The molecule has 0 aliphatic carbocycles. The summed E-state index contributed by atoms with van der Waals surface area (Å²) >= 11 is 0.692. The van der Waals surface area contributed by atoms with E-state index in [0.717, 1.165) is 10.4 Å². The van der Waals surface area contributed by atoms with E-state index in [0.29, 0.717) is 30.3 Å². The molecule has 2 aromatic carbocycles. The smallest absolute Gasteiger partial charge is 0.270 e. The number of hydrogen-bond donors (Lipinski definition) is 2. The summed E-state index contributed by atoms with van der Waals surface area (Å²) in [5, 5.41) is 4.04. The molecule has 0 fully saturated rings. The van der Waals surface area contributed by atoms with Gasteiger partial charge < -0.3 is 9.74 Å². The Balaban J connectivity index is 1.65. The van der Waals surface area contributed by atoms with Crippen LogP contribution in [0.4, 0.5) is 0 Å². The molecule has 2 aromatic rings. The zero-order valence-electron chi connectivity index (χ0n) is 24.2. The Bertz CT molecular complexity index is 1530. The minimum absolute atomic E-state index is 0.0582. The lowest BCUT2D eigenvalue weighted by molar-refractivity contribution is -0.125. The van der Waals surface area contributed by atoms with E-state index in [2.05, 4.69) is 30.8 Å². The normalized spacial score (nSPS) is 21.7. The lowest BCUT2D eigenvalue weighted by atomic mass is 10.0. The fourth-order valence-electron chi connectivity index (χ4n) is 5.43. The Morgan fingerprint density at radius 1 is 1.07 bits per heavy atom. The second-order valence-corrected chi connectivity index (χ2v) is 21.2. The molecule has 2 aliphatic heterocycles. The summed E-state index contributed by atoms with van der Waals surface area (Å²) in [7, 11) is -11.2. The maximum absolute atomic E-state index is 13.5. The number of rotatable bonds is 9. The zero-order valence-corrected chi connectivity index (χ0v) is 27.6. The number of carbonyl (C=O) groups excluding carboxylic acids is 1. The van der Waals surface area contributed by atoms with Crippen molar-refractivity contribution in [3.63, 3.8) is 0 Å².